The van der Waals surface area contributed by atoms with Crippen LogP contribution in [0.1, 0.15) is 26.2 Å². The lowest BCUT2D eigenvalue weighted by atomic mass is 10.3. The molecule has 0 saturated heterocycles. The van der Waals surface area contributed by atoms with Gasteiger partial charge >= 0.3 is 0 Å². The van der Waals surface area contributed by atoms with Crippen LogP contribution in [0.2, 0.25) is 0 Å². The number of hydrogen-bond acceptors (Lipinski definition) is 4. The zero-order valence-corrected chi connectivity index (χ0v) is 14.1. The minimum Gasteiger partial charge on any atom is -0.341 e. The van der Waals surface area contributed by atoms with Crippen molar-refractivity contribution in [2.45, 2.75) is 26.2 Å². The third-order valence-electron chi connectivity index (χ3n) is 3.12. The number of nitrogens with one attached hydrogen (secondary N) is 1. The molecule has 0 bridgehead atoms. The van der Waals surface area contributed by atoms with E-state index in [4.69, 9.17) is 0 Å². The van der Waals surface area contributed by atoms with E-state index in [1.165, 1.54) is 0 Å². The molecule has 0 atom stereocenters. The van der Waals surface area contributed by atoms with E-state index in [9.17, 15) is 4.79 Å². The Kier molecular flexibility index (Phi) is 11.7. The summed E-state index contributed by atoms with van der Waals surface area (Å²) in [6.07, 6.45) is 3.14. The van der Waals surface area contributed by atoms with Crippen molar-refractivity contribution in [1.29, 1.82) is 0 Å². The summed E-state index contributed by atoms with van der Waals surface area (Å²) in [5, 5.41) is 3.20. The van der Waals surface area contributed by atoms with Crippen molar-refractivity contribution in [3.63, 3.8) is 0 Å². The first kappa shape index (κ1) is 19.4. The van der Waals surface area contributed by atoms with Crippen LogP contribution >= 0.6 is 0 Å². The molecule has 0 aromatic heterocycles. The van der Waals surface area contributed by atoms with Gasteiger partial charge in [-0.1, -0.05) is 6.92 Å². The van der Waals surface area contributed by atoms with Crippen LogP contribution < -0.4 is 5.32 Å². The number of hydrogen-bond donors (Lipinski definition) is 1. The van der Waals surface area contributed by atoms with Crippen molar-refractivity contribution < 1.29 is 4.79 Å². The highest BCUT2D eigenvalue weighted by Crippen LogP contribution is 1.97. The average molecular weight is 286 g/mol. The van der Waals surface area contributed by atoms with Crippen LogP contribution in [-0.2, 0) is 4.79 Å². The Bertz CT molecular complexity index is 230. The first-order valence-corrected chi connectivity index (χ1v) is 7.75. The van der Waals surface area contributed by atoms with E-state index in [1.807, 2.05) is 4.90 Å². The molecule has 0 spiro atoms. The number of carbonyl (C=O) groups excluding carboxylic acids is 1. The van der Waals surface area contributed by atoms with Crippen LogP contribution in [0.25, 0.3) is 0 Å². The van der Waals surface area contributed by atoms with Gasteiger partial charge < -0.3 is 20.0 Å². The maximum absolute atomic E-state index is 12.2. The molecule has 1 amide bonds. The van der Waals surface area contributed by atoms with Gasteiger partial charge in [-0.15, -0.1) is 0 Å². The van der Waals surface area contributed by atoms with Gasteiger partial charge in [0.15, 0.2) is 0 Å². The third kappa shape index (κ3) is 11.2. The van der Waals surface area contributed by atoms with Crippen LogP contribution in [0.15, 0.2) is 0 Å². The fraction of sp³-hybridized carbons (Fsp3) is 0.933. The lowest BCUT2D eigenvalue weighted by molar-refractivity contribution is -0.130. The van der Waals surface area contributed by atoms with Gasteiger partial charge in [0, 0.05) is 13.1 Å². The van der Waals surface area contributed by atoms with E-state index in [2.05, 4.69) is 50.2 Å². The Morgan fingerprint density at radius 1 is 0.900 bits per heavy atom. The molecule has 0 aliphatic rings. The van der Waals surface area contributed by atoms with Gasteiger partial charge in [0.25, 0.3) is 0 Å². The van der Waals surface area contributed by atoms with Gasteiger partial charge in [0.2, 0.25) is 5.91 Å². The Labute approximate surface area is 125 Å². The molecule has 0 rings (SSSR count). The largest absolute Gasteiger partial charge is 0.341 e. The third-order valence-corrected chi connectivity index (χ3v) is 3.12. The second-order valence-corrected chi connectivity index (χ2v) is 5.87. The molecule has 20 heavy (non-hydrogen) atoms. The second kappa shape index (κ2) is 12.1. The van der Waals surface area contributed by atoms with E-state index in [1.54, 1.807) is 0 Å². The highest BCUT2D eigenvalue weighted by atomic mass is 16.2. The van der Waals surface area contributed by atoms with E-state index in [-0.39, 0.29) is 5.91 Å². The van der Waals surface area contributed by atoms with Gasteiger partial charge in [-0.05, 0) is 67.1 Å². The predicted molar refractivity (Wildman–Crippen MR) is 86.1 cm³/mol. The van der Waals surface area contributed by atoms with Crippen LogP contribution in [0, 0.1) is 0 Å². The van der Waals surface area contributed by atoms with Crippen molar-refractivity contribution in [2.24, 2.45) is 0 Å². The van der Waals surface area contributed by atoms with E-state index in [0.29, 0.717) is 6.54 Å². The van der Waals surface area contributed by atoms with Gasteiger partial charge in [0.05, 0.1) is 6.54 Å². The molecule has 0 unspecified atom stereocenters. The van der Waals surface area contributed by atoms with E-state index in [0.717, 1.165) is 52.0 Å². The minimum atomic E-state index is 0.232. The smallest absolute Gasteiger partial charge is 0.236 e. The molecular formula is C15H34N4O. The Morgan fingerprint density at radius 2 is 1.40 bits per heavy atom. The Balaban J connectivity index is 4.11. The molecule has 0 fully saturated rings. The summed E-state index contributed by atoms with van der Waals surface area (Å²) in [5.41, 5.74) is 0. The fourth-order valence-corrected chi connectivity index (χ4v) is 2.00. The Morgan fingerprint density at radius 3 is 1.80 bits per heavy atom. The molecule has 0 saturated carbocycles. The molecule has 0 aliphatic heterocycles. The monoisotopic (exact) mass is 286 g/mol. The maximum atomic E-state index is 12.2. The first-order valence-electron chi connectivity index (χ1n) is 7.75. The SMILES string of the molecule is CCCNCC(=O)N(CCCN(C)C)CCCN(C)C. The van der Waals surface area contributed by atoms with Crippen molar-refractivity contribution in [3.05, 3.63) is 0 Å². The normalized spacial score (nSPS) is 11.3. The summed E-state index contributed by atoms with van der Waals surface area (Å²) in [6.45, 7) is 7.27. The van der Waals surface area contributed by atoms with Gasteiger partial charge in [-0.3, -0.25) is 4.79 Å². The molecule has 0 radical (unpaired) electrons. The topological polar surface area (TPSA) is 38.8 Å². The standard InChI is InChI=1S/C15H34N4O/c1-6-9-16-14-15(20)19(12-7-10-17(2)3)13-8-11-18(4)5/h16H,6-14H2,1-5H3. The zero-order chi connectivity index (χ0) is 15.4. The molecule has 0 aromatic rings. The molecule has 1 N–H and O–H groups in total. The number of amides is 1. The lowest BCUT2D eigenvalue weighted by Gasteiger charge is -2.24. The van der Waals surface area contributed by atoms with E-state index >= 15 is 0 Å². The van der Waals surface area contributed by atoms with Crippen molar-refractivity contribution in [3.8, 4) is 0 Å². The summed E-state index contributed by atoms with van der Waals surface area (Å²) in [4.78, 5) is 18.5. The summed E-state index contributed by atoms with van der Waals surface area (Å²) >= 11 is 0. The van der Waals surface area contributed by atoms with Crippen LogP contribution in [0.3, 0.4) is 0 Å². The highest BCUT2D eigenvalue weighted by molar-refractivity contribution is 5.78. The Hall–Kier alpha value is -0.650. The van der Waals surface area contributed by atoms with Crippen LogP contribution in [0.5, 0.6) is 0 Å². The molecule has 120 valence electrons. The van der Waals surface area contributed by atoms with Gasteiger partial charge in [-0.2, -0.15) is 0 Å². The number of rotatable bonds is 12. The lowest BCUT2D eigenvalue weighted by Crippen LogP contribution is -2.40. The number of nitrogens with zero attached hydrogens (tertiary/aromatic N) is 3. The number of carbonyl (C=O) groups is 1. The summed E-state index contributed by atoms with van der Waals surface area (Å²) < 4.78 is 0. The van der Waals surface area contributed by atoms with Crippen LogP contribution in [-0.4, -0.2) is 88.1 Å². The summed E-state index contributed by atoms with van der Waals surface area (Å²) in [6, 6.07) is 0. The second-order valence-electron chi connectivity index (χ2n) is 5.87. The van der Waals surface area contributed by atoms with Gasteiger partial charge in [-0.25, -0.2) is 0 Å². The molecule has 5 nitrogen and oxygen atoms in total. The summed E-state index contributed by atoms with van der Waals surface area (Å²) in [7, 11) is 8.28. The van der Waals surface area contributed by atoms with Crippen molar-refractivity contribution >= 4 is 5.91 Å². The average Bonchev–Trinajstić information content (AvgIpc) is 2.36. The molecule has 0 heterocycles. The van der Waals surface area contributed by atoms with Crippen molar-refractivity contribution in [1.82, 2.24) is 20.0 Å². The van der Waals surface area contributed by atoms with Gasteiger partial charge in [0.1, 0.15) is 0 Å². The van der Waals surface area contributed by atoms with Crippen molar-refractivity contribution in [2.75, 3.05) is 67.5 Å². The van der Waals surface area contributed by atoms with E-state index < -0.39 is 0 Å². The summed E-state index contributed by atoms with van der Waals surface area (Å²) in [5.74, 6) is 0.232. The molecule has 5 heteroatoms. The molecular weight excluding hydrogens is 252 g/mol. The fourth-order valence-electron chi connectivity index (χ4n) is 2.00. The molecule has 0 aromatic carbocycles. The quantitative estimate of drug-likeness (QED) is 0.537. The predicted octanol–water partition coefficient (Wildman–Crippen LogP) is 0.718. The highest BCUT2D eigenvalue weighted by Gasteiger charge is 2.12. The first-order chi connectivity index (χ1) is 9.47. The van der Waals surface area contributed by atoms with Crippen LogP contribution in [0.4, 0.5) is 0 Å². The zero-order valence-electron chi connectivity index (χ0n) is 14.1. The molecule has 0 aliphatic carbocycles. The maximum Gasteiger partial charge on any atom is 0.236 e. The minimum absolute atomic E-state index is 0.232.